The van der Waals surface area contributed by atoms with Crippen LogP contribution in [0.2, 0.25) is 0 Å². The van der Waals surface area contributed by atoms with E-state index < -0.39 is 0 Å². The number of rotatable bonds is 2. The second kappa shape index (κ2) is 6.01. The zero-order valence-corrected chi connectivity index (χ0v) is 16.5. The lowest BCUT2D eigenvalue weighted by Gasteiger charge is -2.40. The summed E-state index contributed by atoms with van der Waals surface area (Å²) in [6, 6.07) is 4.38. The number of carbonyl (C=O) groups excluding carboxylic acids is 1. The Labute approximate surface area is 156 Å². The van der Waals surface area contributed by atoms with Gasteiger partial charge < -0.3 is 9.64 Å². The summed E-state index contributed by atoms with van der Waals surface area (Å²) >= 11 is 3.54. The summed E-state index contributed by atoms with van der Waals surface area (Å²) in [6.45, 7) is 3.16. The largest absolute Gasteiger partial charge is 0.495 e. The van der Waals surface area contributed by atoms with Gasteiger partial charge in [0.2, 0.25) is 5.91 Å². The lowest BCUT2D eigenvalue weighted by atomic mass is 9.67. The molecule has 2 aliphatic rings. The Morgan fingerprint density at radius 3 is 2.80 bits per heavy atom. The molecule has 1 saturated carbocycles. The molecule has 2 fully saturated rings. The zero-order valence-electron chi connectivity index (χ0n) is 15.0. The molecule has 0 unspecified atom stereocenters. The molecule has 2 aromatic rings. The van der Waals surface area contributed by atoms with Crippen molar-refractivity contribution in [2.24, 2.45) is 11.3 Å². The molecule has 1 aromatic heterocycles. The highest BCUT2D eigenvalue weighted by molar-refractivity contribution is 9.10. The molecule has 2 heterocycles. The number of carbonyl (C=O) groups is 1. The molecule has 1 spiro atoms. The Balaban J connectivity index is 1.61. The van der Waals surface area contributed by atoms with Crippen molar-refractivity contribution in [1.29, 1.82) is 0 Å². The molecule has 1 aliphatic heterocycles. The highest BCUT2D eigenvalue weighted by Crippen LogP contribution is 2.50. The number of likely N-dealkylation sites (tertiary alicyclic amines) is 1. The molecule has 5 nitrogen and oxygen atoms in total. The van der Waals surface area contributed by atoms with Gasteiger partial charge in [-0.3, -0.25) is 9.48 Å². The van der Waals surface area contributed by atoms with E-state index in [1.54, 1.807) is 7.11 Å². The minimum absolute atomic E-state index is 0.122. The predicted octanol–water partition coefficient (Wildman–Crippen LogP) is 4.02. The zero-order chi connectivity index (χ0) is 17.8. The molecule has 0 N–H and O–H groups in total. The summed E-state index contributed by atoms with van der Waals surface area (Å²) in [4.78, 5) is 14.5. The summed E-state index contributed by atoms with van der Waals surface area (Å²) in [6.07, 6.45) is 6.07. The minimum atomic E-state index is -0.122. The summed E-state index contributed by atoms with van der Waals surface area (Å²) < 4.78 is 8.43. The summed E-state index contributed by atoms with van der Waals surface area (Å²) in [5, 5.41) is 5.91. The highest BCUT2D eigenvalue weighted by atomic mass is 79.9. The van der Waals surface area contributed by atoms with Crippen LogP contribution in [0.15, 0.2) is 22.8 Å². The number of nitrogens with zero attached hydrogens (tertiary/aromatic N) is 3. The third-order valence-electron chi connectivity index (χ3n) is 6.15. The minimum Gasteiger partial charge on any atom is -0.495 e. The van der Waals surface area contributed by atoms with Gasteiger partial charge in [-0.25, -0.2) is 0 Å². The van der Waals surface area contributed by atoms with Gasteiger partial charge >= 0.3 is 0 Å². The van der Waals surface area contributed by atoms with Crippen molar-refractivity contribution in [3.05, 3.63) is 22.8 Å². The monoisotopic (exact) mass is 405 g/mol. The first-order chi connectivity index (χ1) is 11.9. The Kier molecular flexibility index (Phi) is 4.06. The van der Waals surface area contributed by atoms with Crippen molar-refractivity contribution >= 4 is 32.7 Å². The van der Waals surface area contributed by atoms with Gasteiger partial charge in [0, 0.05) is 31.2 Å². The van der Waals surface area contributed by atoms with Gasteiger partial charge in [0.25, 0.3) is 0 Å². The molecule has 134 valence electrons. The van der Waals surface area contributed by atoms with E-state index in [9.17, 15) is 4.79 Å². The fourth-order valence-electron chi connectivity index (χ4n) is 4.74. The van der Waals surface area contributed by atoms with E-state index in [1.165, 1.54) is 0 Å². The van der Waals surface area contributed by atoms with Crippen LogP contribution in [0.3, 0.4) is 0 Å². The highest BCUT2D eigenvalue weighted by Gasteiger charge is 2.49. The first kappa shape index (κ1) is 16.9. The fraction of sp³-hybridized carbons (Fsp3) is 0.579. The van der Waals surface area contributed by atoms with Crippen LogP contribution in [0.4, 0.5) is 0 Å². The van der Waals surface area contributed by atoms with E-state index in [1.807, 2.05) is 18.0 Å². The summed E-state index contributed by atoms with van der Waals surface area (Å²) in [5.41, 5.74) is 0.827. The summed E-state index contributed by atoms with van der Waals surface area (Å²) in [5.74, 6) is 1.58. The molecule has 3 atom stereocenters. The Hall–Kier alpha value is -1.56. The van der Waals surface area contributed by atoms with Gasteiger partial charge in [-0.15, -0.1) is 0 Å². The van der Waals surface area contributed by atoms with Crippen molar-refractivity contribution in [2.45, 2.75) is 38.6 Å². The van der Waals surface area contributed by atoms with Crippen molar-refractivity contribution < 1.29 is 9.53 Å². The fourth-order valence-corrected chi connectivity index (χ4v) is 5.27. The first-order valence-electron chi connectivity index (χ1n) is 8.91. The molecule has 1 saturated heterocycles. The van der Waals surface area contributed by atoms with Crippen LogP contribution in [0, 0.1) is 11.3 Å². The van der Waals surface area contributed by atoms with Crippen LogP contribution < -0.4 is 4.74 Å². The molecule has 4 rings (SSSR count). The second-order valence-electron chi connectivity index (χ2n) is 7.70. The van der Waals surface area contributed by atoms with Gasteiger partial charge in [-0.05, 0) is 53.6 Å². The maximum atomic E-state index is 12.6. The number of amides is 1. The lowest BCUT2D eigenvalue weighted by molar-refractivity contribution is -0.137. The number of methoxy groups -OCH3 is 1. The Bertz CT molecular complexity index is 833. The number of halogens is 1. The van der Waals surface area contributed by atoms with Crippen molar-refractivity contribution in [3.8, 4) is 5.75 Å². The van der Waals surface area contributed by atoms with E-state index in [2.05, 4.69) is 39.8 Å². The third-order valence-corrected chi connectivity index (χ3v) is 6.77. The molecule has 1 aliphatic carbocycles. The maximum absolute atomic E-state index is 12.6. The molecule has 0 bridgehead atoms. The van der Waals surface area contributed by atoms with Crippen LogP contribution in [-0.4, -0.2) is 41.3 Å². The Morgan fingerprint density at radius 1 is 1.36 bits per heavy atom. The lowest BCUT2D eigenvalue weighted by Crippen LogP contribution is -2.39. The van der Waals surface area contributed by atoms with E-state index in [4.69, 9.17) is 9.84 Å². The number of hydrogen-bond donors (Lipinski definition) is 0. The van der Waals surface area contributed by atoms with Crippen LogP contribution in [0.5, 0.6) is 5.75 Å². The molecule has 1 aromatic carbocycles. The van der Waals surface area contributed by atoms with Gasteiger partial charge in [0.05, 0.1) is 28.6 Å². The average molecular weight is 406 g/mol. The molecule has 1 amide bonds. The SMILES string of the molecule is COc1cc2nn([C@@H]3CC[C@]4(CCN(C)C4=O)C[C@H]3C)cc2cc1Br. The number of benzene rings is 1. The van der Waals surface area contributed by atoms with E-state index in [0.29, 0.717) is 17.9 Å². The van der Waals surface area contributed by atoms with Crippen LogP contribution in [0.25, 0.3) is 10.9 Å². The van der Waals surface area contributed by atoms with Crippen molar-refractivity contribution in [2.75, 3.05) is 20.7 Å². The van der Waals surface area contributed by atoms with Crippen molar-refractivity contribution in [3.63, 3.8) is 0 Å². The standard InChI is InChI=1S/C19H24BrN3O2/c1-12-10-19(6-7-22(2)18(19)24)5-4-16(12)23-11-13-8-14(20)17(25-3)9-15(13)21-23/h8-9,11-12,16H,4-7,10H2,1-3H3/t12-,16-,19+/m1/s1. The maximum Gasteiger partial charge on any atom is 0.228 e. The average Bonchev–Trinajstić information content (AvgIpc) is 3.10. The van der Waals surface area contributed by atoms with E-state index in [0.717, 1.165) is 53.4 Å². The van der Waals surface area contributed by atoms with Gasteiger partial charge in [0.15, 0.2) is 0 Å². The molecular weight excluding hydrogens is 382 g/mol. The predicted molar refractivity (Wildman–Crippen MR) is 101 cm³/mol. The quantitative estimate of drug-likeness (QED) is 0.757. The van der Waals surface area contributed by atoms with E-state index in [-0.39, 0.29) is 5.41 Å². The normalized spacial score (nSPS) is 29.8. The van der Waals surface area contributed by atoms with Gasteiger partial charge in [-0.2, -0.15) is 5.10 Å². The second-order valence-corrected chi connectivity index (χ2v) is 8.55. The first-order valence-corrected chi connectivity index (χ1v) is 9.71. The molecular formula is C19H24BrN3O2. The third kappa shape index (κ3) is 2.65. The van der Waals surface area contributed by atoms with Crippen LogP contribution >= 0.6 is 15.9 Å². The number of fused-ring (bicyclic) bond motifs is 1. The van der Waals surface area contributed by atoms with Gasteiger partial charge in [-0.1, -0.05) is 6.92 Å². The number of ether oxygens (including phenoxy) is 1. The Morgan fingerprint density at radius 2 is 2.16 bits per heavy atom. The van der Waals surface area contributed by atoms with Crippen LogP contribution in [-0.2, 0) is 4.79 Å². The van der Waals surface area contributed by atoms with Gasteiger partial charge in [0.1, 0.15) is 5.75 Å². The summed E-state index contributed by atoms with van der Waals surface area (Å²) in [7, 11) is 3.60. The number of hydrogen-bond acceptors (Lipinski definition) is 3. The van der Waals surface area contributed by atoms with Crippen LogP contribution in [0.1, 0.15) is 38.6 Å². The smallest absolute Gasteiger partial charge is 0.228 e. The molecule has 6 heteroatoms. The van der Waals surface area contributed by atoms with Crippen molar-refractivity contribution in [1.82, 2.24) is 14.7 Å². The van der Waals surface area contributed by atoms with E-state index >= 15 is 0 Å². The molecule has 0 radical (unpaired) electrons. The number of aromatic nitrogens is 2. The molecule has 25 heavy (non-hydrogen) atoms. The topological polar surface area (TPSA) is 47.4 Å².